The number of carbonyl (C=O) groups is 1. The largest absolute Gasteiger partial charge is 0.339 e. The lowest BCUT2D eigenvalue weighted by Crippen LogP contribution is -2.51. The lowest BCUT2D eigenvalue weighted by atomic mass is 10.1. The van der Waals surface area contributed by atoms with E-state index < -0.39 is 0 Å². The van der Waals surface area contributed by atoms with Gasteiger partial charge in [-0.25, -0.2) is 14.8 Å². The van der Waals surface area contributed by atoms with E-state index in [1.54, 1.807) is 12.4 Å². The quantitative estimate of drug-likeness (QED) is 0.920. The molecule has 0 saturated carbocycles. The first-order valence-electron chi connectivity index (χ1n) is 8.49. The maximum absolute atomic E-state index is 12.7. The zero-order chi connectivity index (χ0) is 16.4. The third-order valence-electron chi connectivity index (χ3n) is 4.72. The number of aromatic nitrogens is 2. The highest BCUT2D eigenvalue weighted by atomic mass is 16.2. The highest BCUT2D eigenvalue weighted by Crippen LogP contribution is 2.27. The summed E-state index contributed by atoms with van der Waals surface area (Å²) in [4.78, 5) is 25.3. The normalized spacial score (nSPS) is 19.9. The van der Waals surface area contributed by atoms with Crippen LogP contribution in [0, 0.1) is 0 Å². The number of nitrogens with one attached hydrogen (secondary N) is 1. The predicted octanol–water partition coefficient (Wildman–Crippen LogP) is 2.22. The Kier molecular flexibility index (Phi) is 4.02. The van der Waals surface area contributed by atoms with E-state index >= 15 is 0 Å². The summed E-state index contributed by atoms with van der Waals surface area (Å²) in [6.07, 6.45) is 6.46. The Labute approximate surface area is 141 Å². The molecule has 1 N–H and O–H groups in total. The van der Waals surface area contributed by atoms with Crippen LogP contribution < -0.4 is 15.1 Å². The van der Waals surface area contributed by atoms with Crippen LogP contribution >= 0.6 is 0 Å². The summed E-state index contributed by atoms with van der Waals surface area (Å²) < 4.78 is 0. The summed E-state index contributed by atoms with van der Waals surface area (Å²) in [5, 5.41) is 3.19. The van der Waals surface area contributed by atoms with Gasteiger partial charge in [-0.05, 0) is 37.0 Å². The fourth-order valence-corrected chi connectivity index (χ4v) is 3.53. The molecule has 6 nitrogen and oxygen atoms in total. The summed E-state index contributed by atoms with van der Waals surface area (Å²) in [5.74, 6) is 0.739. The van der Waals surface area contributed by atoms with Crippen LogP contribution in [0.25, 0.3) is 0 Å². The summed E-state index contributed by atoms with van der Waals surface area (Å²) in [6, 6.07) is 10.1. The van der Waals surface area contributed by atoms with Gasteiger partial charge in [-0.15, -0.1) is 0 Å². The van der Waals surface area contributed by atoms with Crippen molar-refractivity contribution in [1.29, 1.82) is 0 Å². The average Bonchev–Trinajstić information content (AvgIpc) is 3.07. The first kappa shape index (κ1) is 14.9. The molecule has 2 amide bonds. The molecule has 3 heterocycles. The third kappa shape index (κ3) is 2.91. The van der Waals surface area contributed by atoms with Gasteiger partial charge in [0.05, 0.1) is 0 Å². The minimum Gasteiger partial charge on any atom is -0.339 e. The van der Waals surface area contributed by atoms with Gasteiger partial charge >= 0.3 is 6.03 Å². The molecule has 1 aromatic carbocycles. The van der Waals surface area contributed by atoms with Crippen LogP contribution in [0.4, 0.5) is 16.4 Å². The molecule has 2 aliphatic heterocycles. The molecule has 0 spiro atoms. The van der Waals surface area contributed by atoms with E-state index in [-0.39, 0.29) is 12.1 Å². The average molecular weight is 323 g/mol. The lowest BCUT2D eigenvalue weighted by molar-refractivity contribution is 0.241. The molecule has 1 aromatic heterocycles. The van der Waals surface area contributed by atoms with Crippen molar-refractivity contribution in [2.75, 3.05) is 29.4 Å². The number of benzene rings is 1. The van der Waals surface area contributed by atoms with Crippen LogP contribution in [0.2, 0.25) is 0 Å². The van der Waals surface area contributed by atoms with Gasteiger partial charge in [0.2, 0.25) is 5.95 Å². The molecular weight excluding hydrogens is 302 g/mol. The minimum absolute atomic E-state index is 0.000722. The summed E-state index contributed by atoms with van der Waals surface area (Å²) in [6.45, 7) is 2.44. The molecule has 1 unspecified atom stereocenters. The summed E-state index contributed by atoms with van der Waals surface area (Å²) in [5.41, 5.74) is 2.28. The fourth-order valence-electron chi connectivity index (χ4n) is 3.53. The first-order chi connectivity index (χ1) is 11.8. The molecule has 24 heavy (non-hydrogen) atoms. The summed E-state index contributed by atoms with van der Waals surface area (Å²) >= 11 is 0. The van der Waals surface area contributed by atoms with Crippen LogP contribution in [0.5, 0.6) is 0 Å². The molecule has 4 rings (SSSR count). The Morgan fingerprint density at radius 2 is 1.96 bits per heavy atom. The third-order valence-corrected chi connectivity index (χ3v) is 4.72. The molecule has 1 atom stereocenters. The highest BCUT2D eigenvalue weighted by molar-refractivity contribution is 5.94. The Morgan fingerprint density at radius 1 is 1.12 bits per heavy atom. The molecule has 1 saturated heterocycles. The topological polar surface area (TPSA) is 61.4 Å². The lowest BCUT2D eigenvalue weighted by Gasteiger charge is -2.34. The zero-order valence-electron chi connectivity index (χ0n) is 13.6. The number of rotatable bonds is 2. The Morgan fingerprint density at radius 3 is 2.83 bits per heavy atom. The SMILES string of the molecule is O=C(NC1CCCN(c2ncccn2)C1)N1CCc2ccccc21. The zero-order valence-corrected chi connectivity index (χ0v) is 13.6. The molecule has 1 fully saturated rings. The number of para-hydroxylation sites is 1. The van der Waals surface area contributed by atoms with E-state index in [0.717, 1.165) is 50.5 Å². The number of hydrogen-bond donors (Lipinski definition) is 1. The van der Waals surface area contributed by atoms with E-state index in [2.05, 4.69) is 26.3 Å². The monoisotopic (exact) mass is 323 g/mol. The van der Waals surface area contributed by atoms with Gasteiger partial charge < -0.3 is 10.2 Å². The van der Waals surface area contributed by atoms with Crippen molar-refractivity contribution in [3.63, 3.8) is 0 Å². The fraction of sp³-hybridized carbons (Fsp3) is 0.389. The molecular formula is C18H21N5O. The standard InChI is InChI=1S/C18H21N5O/c24-18(23-12-8-14-5-1-2-7-16(14)23)21-15-6-3-11-22(13-15)17-19-9-4-10-20-17/h1-2,4-5,7,9-10,15H,3,6,8,11-13H2,(H,21,24). The molecule has 0 aliphatic carbocycles. The van der Waals surface area contributed by atoms with E-state index in [1.165, 1.54) is 5.56 Å². The summed E-state index contributed by atoms with van der Waals surface area (Å²) in [7, 11) is 0. The number of anilines is 2. The minimum atomic E-state index is 0.000722. The van der Waals surface area contributed by atoms with Crippen LogP contribution in [-0.2, 0) is 6.42 Å². The number of piperidine rings is 1. The van der Waals surface area contributed by atoms with Crippen molar-refractivity contribution in [2.24, 2.45) is 0 Å². The van der Waals surface area contributed by atoms with Gasteiger partial charge in [-0.1, -0.05) is 18.2 Å². The van der Waals surface area contributed by atoms with Crippen molar-refractivity contribution in [1.82, 2.24) is 15.3 Å². The molecule has 0 bridgehead atoms. The molecule has 2 aliphatic rings. The number of carbonyl (C=O) groups excluding carboxylic acids is 1. The van der Waals surface area contributed by atoms with Crippen molar-refractivity contribution in [3.8, 4) is 0 Å². The van der Waals surface area contributed by atoms with Crippen molar-refractivity contribution < 1.29 is 4.79 Å². The van der Waals surface area contributed by atoms with Crippen molar-refractivity contribution >= 4 is 17.7 Å². The van der Waals surface area contributed by atoms with Gasteiger partial charge in [0.15, 0.2) is 0 Å². The van der Waals surface area contributed by atoms with E-state index in [1.807, 2.05) is 29.2 Å². The van der Waals surface area contributed by atoms with Gasteiger partial charge in [0, 0.05) is 43.8 Å². The van der Waals surface area contributed by atoms with Gasteiger partial charge in [0.25, 0.3) is 0 Å². The molecule has 124 valence electrons. The van der Waals surface area contributed by atoms with E-state index in [9.17, 15) is 4.79 Å². The van der Waals surface area contributed by atoms with Crippen LogP contribution in [0.3, 0.4) is 0 Å². The Hall–Kier alpha value is -2.63. The smallest absolute Gasteiger partial charge is 0.322 e. The number of amides is 2. The highest BCUT2D eigenvalue weighted by Gasteiger charge is 2.28. The van der Waals surface area contributed by atoms with E-state index in [4.69, 9.17) is 0 Å². The first-order valence-corrected chi connectivity index (χ1v) is 8.49. The Bertz CT molecular complexity index is 720. The number of fused-ring (bicyclic) bond motifs is 1. The Balaban J connectivity index is 1.41. The number of nitrogens with zero attached hydrogens (tertiary/aromatic N) is 4. The van der Waals surface area contributed by atoms with Crippen LogP contribution in [-0.4, -0.2) is 41.7 Å². The van der Waals surface area contributed by atoms with E-state index in [0.29, 0.717) is 0 Å². The maximum atomic E-state index is 12.7. The second kappa shape index (κ2) is 6.47. The second-order valence-corrected chi connectivity index (χ2v) is 6.31. The maximum Gasteiger partial charge on any atom is 0.322 e. The molecule has 6 heteroatoms. The number of urea groups is 1. The van der Waals surface area contributed by atoms with Crippen molar-refractivity contribution in [2.45, 2.75) is 25.3 Å². The van der Waals surface area contributed by atoms with Crippen molar-refractivity contribution in [3.05, 3.63) is 48.3 Å². The van der Waals surface area contributed by atoms with Crippen LogP contribution in [0.15, 0.2) is 42.7 Å². The number of hydrogen-bond acceptors (Lipinski definition) is 4. The molecule has 2 aromatic rings. The van der Waals surface area contributed by atoms with Crippen LogP contribution in [0.1, 0.15) is 18.4 Å². The molecule has 0 radical (unpaired) electrons. The van der Waals surface area contributed by atoms with Gasteiger partial charge in [0.1, 0.15) is 0 Å². The second-order valence-electron chi connectivity index (χ2n) is 6.31. The predicted molar refractivity (Wildman–Crippen MR) is 93.3 cm³/mol. The van der Waals surface area contributed by atoms with Gasteiger partial charge in [-0.2, -0.15) is 0 Å². The van der Waals surface area contributed by atoms with Gasteiger partial charge in [-0.3, -0.25) is 4.90 Å².